The van der Waals surface area contributed by atoms with Crippen LogP contribution in [0.15, 0.2) is 18.2 Å². The van der Waals surface area contributed by atoms with Crippen molar-refractivity contribution in [1.29, 1.82) is 0 Å². The van der Waals surface area contributed by atoms with Crippen LogP contribution in [0.3, 0.4) is 0 Å². The fraction of sp³-hybridized carbons (Fsp3) is 0.533. The second kappa shape index (κ2) is 5.31. The molecule has 0 bridgehead atoms. The maximum Gasteiger partial charge on any atom is 0.245 e. The van der Waals surface area contributed by atoms with Crippen LogP contribution < -0.4 is 10.6 Å². The first-order valence-corrected chi connectivity index (χ1v) is 6.76. The van der Waals surface area contributed by atoms with Crippen molar-refractivity contribution in [2.45, 2.75) is 32.9 Å². The molecule has 2 atom stereocenters. The molecule has 1 amide bonds. The van der Waals surface area contributed by atoms with Gasteiger partial charge in [0.1, 0.15) is 6.04 Å². The number of hydrogen-bond donors (Lipinski definition) is 1. The minimum absolute atomic E-state index is 0.107. The molecule has 2 rings (SSSR count). The van der Waals surface area contributed by atoms with Gasteiger partial charge in [0.05, 0.1) is 0 Å². The summed E-state index contributed by atoms with van der Waals surface area (Å²) in [7, 11) is 1.97. The predicted molar refractivity (Wildman–Crippen MR) is 78.3 cm³/mol. The van der Waals surface area contributed by atoms with E-state index in [0.29, 0.717) is 12.6 Å². The molecular formula is C15H23N3O. The Balaban J connectivity index is 2.36. The molecule has 1 aromatic rings. The van der Waals surface area contributed by atoms with Crippen LogP contribution in [-0.2, 0) is 4.79 Å². The standard InChI is InChI=1S/C15H23N3O/c1-10-5-6-13(11(2)7-10)18-9-12(3)17(4)14(8-16)15(18)19/h5-7,12,14H,8-9,16H2,1-4H3. The predicted octanol–water partition coefficient (Wildman–Crippen LogP) is 1.30. The molecule has 1 saturated heterocycles. The van der Waals surface area contributed by atoms with E-state index < -0.39 is 0 Å². The Kier molecular flexibility index (Phi) is 3.92. The van der Waals surface area contributed by atoms with Gasteiger partial charge in [-0.15, -0.1) is 0 Å². The highest BCUT2D eigenvalue weighted by molar-refractivity contribution is 5.98. The van der Waals surface area contributed by atoms with Gasteiger partial charge in [0.2, 0.25) is 5.91 Å². The van der Waals surface area contributed by atoms with Gasteiger partial charge in [-0.3, -0.25) is 9.69 Å². The quantitative estimate of drug-likeness (QED) is 0.873. The van der Waals surface area contributed by atoms with Crippen LogP contribution in [0.2, 0.25) is 0 Å². The summed E-state index contributed by atoms with van der Waals surface area (Å²) < 4.78 is 0. The number of hydrogen-bond acceptors (Lipinski definition) is 3. The number of carbonyl (C=O) groups is 1. The first-order valence-electron chi connectivity index (χ1n) is 6.76. The molecule has 0 aromatic heterocycles. The van der Waals surface area contributed by atoms with Crippen molar-refractivity contribution in [3.63, 3.8) is 0 Å². The topological polar surface area (TPSA) is 49.6 Å². The number of nitrogens with zero attached hydrogens (tertiary/aromatic N) is 2. The lowest BCUT2D eigenvalue weighted by atomic mass is 10.0. The molecule has 4 heteroatoms. The summed E-state index contributed by atoms with van der Waals surface area (Å²) in [4.78, 5) is 16.5. The maximum absolute atomic E-state index is 12.6. The molecule has 1 aliphatic rings. The summed E-state index contributed by atoms with van der Waals surface area (Å²) >= 11 is 0. The molecule has 1 heterocycles. The summed E-state index contributed by atoms with van der Waals surface area (Å²) in [5.74, 6) is 0.107. The van der Waals surface area contributed by atoms with Crippen LogP contribution in [-0.4, -0.2) is 43.0 Å². The average Bonchev–Trinajstić information content (AvgIpc) is 2.35. The van der Waals surface area contributed by atoms with E-state index in [1.54, 1.807) is 0 Å². The second-order valence-electron chi connectivity index (χ2n) is 5.50. The minimum Gasteiger partial charge on any atom is -0.328 e. The first-order chi connectivity index (χ1) is 8.95. The Morgan fingerprint density at radius 3 is 2.63 bits per heavy atom. The molecule has 1 aromatic carbocycles. The first kappa shape index (κ1) is 14.0. The van der Waals surface area contributed by atoms with Crippen molar-refractivity contribution in [2.75, 3.05) is 25.0 Å². The van der Waals surface area contributed by atoms with Crippen molar-refractivity contribution in [3.8, 4) is 0 Å². The third kappa shape index (κ3) is 2.51. The minimum atomic E-state index is -0.218. The molecule has 0 radical (unpaired) electrons. The van der Waals surface area contributed by atoms with Gasteiger partial charge in [-0.2, -0.15) is 0 Å². The SMILES string of the molecule is Cc1ccc(N2CC(C)N(C)C(CN)C2=O)c(C)c1. The van der Waals surface area contributed by atoms with E-state index in [-0.39, 0.29) is 11.9 Å². The zero-order valence-corrected chi connectivity index (χ0v) is 12.2. The Hall–Kier alpha value is -1.39. The summed E-state index contributed by atoms with van der Waals surface area (Å²) in [6.07, 6.45) is 0. The Bertz CT molecular complexity index is 486. The molecule has 2 unspecified atom stereocenters. The number of benzene rings is 1. The number of likely N-dealkylation sites (N-methyl/N-ethyl adjacent to an activating group) is 1. The Labute approximate surface area is 115 Å². The highest BCUT2D eigenvalue weighted by Crippen LogP contribution is 2.26. The fourth-order valence-corrected chi connectivity index (χ4v) is 2.74. The van der Waals surface area contributed by atoms with Crippen LogP contribution in [0, 0.1) is 13.8 Å². The third-order valence-electron chi connectivity index (χ3n) is 4.05. The van der Waals surface area contributed by atoms with Gasteiger partial charge in [-0.05, 0) is 39.4 Å². The molecule has 104 valence electrons. The molecule has 0 aliphatic carbocycles. The van der Waals surface area contributed by atoms with E-state index >= 15 is 0 Å². The van der Waals surface area contributed by atoms with E-state index in [0.717, 1.165) is 17.8 Å². The number of aryl methyl sites for hydroxylation is 2. The molecule has 1 aliphatic heterocycles. The van der Waals surface area contributed by atoms with E-state index in [1.165, 1.54) is 5.56 Å². The molecule has 4 nitrogen and oxygen atoms in total. The summed E-state index contributed by atoms with van der Waals surface area (Å²) in [5, 5.41) is 0. The number of anilines is 1. The van der Waals surface area contributed by atoms with Gasteiger partial charge < -0.3 is 10.6 Å². The number of amides is 1. The van der Waals surface area contributed by atoms with Crippen molar-refractivity contribution >= 4 is 11.6 Å². The van der Waals surface area contributed by atoms with Gasteiger partial charge in [0.15, 0.2) is 0 Å². The number of carbonyl (C=O) groups excluding carboxylic acids is 1. The van der Waals surface area contributed by atoms with Crippen LogP contribution in [0.1, 0.15) is 18.1 Å². The molecule has 1 fully saturated rings. The summed E-state index contributed by atoms with van der Waals surface area (Å²) in [6.45, 7) is 7.33. The van der Waals surface area contributed by atoms with Gasteiger partial charge in [-0.25, -0.2) is 0 Å². The van der Waals surface area contributed by atoms with Crippen LogP contribution in [0.5, 0.6) is 0 Å². The normalized spacial score (nSPS) is 24.9. The van der Waals surface area contributed by atoms with E-state index in [9.17, 15) is 4.79 Å². The Morgan fingerprint density at radius 1 is 1.37 bits per heavy atom. The van der Waals surface area contributed by atoms with Gasteiger partial charge >= 0.3 is 0 Å². The lowest BCUT2D eigenvalue weighted by molar-refractivity contribution is -0.126. The monoisotopic (exact) mass is 261 g/mol. The third-order valence-corrected chi connectivity index (χ3v) is 4.05. The smallest absolute Gasteiger partial charge is 0.245 e. The lowest BCUT2D eigenvalue weighted by Crippen LogP contribution is -2.62. The van der Waals surface area contributed by atoms with Gasteiger partial charge in [0.25, 0.3) is 0 Å². The van der Waals surface area contributed by atoms with E-state index in [2.05, 4.69) is 37.8 Å². The van der Waals surface area contributed by atoms with Crippen LogP contribution in [0.25, 0.3) is 0 Å². The van der Waals surface area contributed by atoms with Crippen molar-refractivity contribution in [1.82, 2.24) is 4.90 Å². The molecule has 2 N–H and O–H groups in total. The van der Waals surface area contributed by atoms with Crippen LogP contribution in [0.4, 0.5) is 5.69 Å². The Morgan fingerprint density at radius 2 is 2.05 bits per heavy atom. The fourth-order valence-electron chi connectivity index (χ4n) is 2.74. The van der Waals surface area contributed by atoms with Crippen molar-refractivity contribution < 1.29 is 4.79 Å². The highest BCUT2D eigenvalue weighted by atomic mass is 16.2. The zero-order valence-electron chi connectivity index (χ0n) is 12.2. The van der Waals surface area contributed by atoms with Crippen LogP contribution >= 0.6 is 0 Å². The van der Waals surface area contributed by atoms with Crippen molar-refractivity contribution in [3.05, 3.63) is 29.3 Å². The number of piperazine rings is 1. The maximum atomic E-state index is 12.6. The molecule has 0 saturated carbocycles. The average molecular weight is 261 g/mol. The largest absolute Gasteiger partial charge is 0.328 e. The highest BCUT2D eigenvalue weighted by Gasteiger charge is 2.36. The lowest BCUT2D eigenvalue weighted by Gasteiger charge is -2.43. The number of nitrogens with two attached hydrogens (primary N) is 1. The molecule has 0 spiro atoms. The molecular weight excluding hydrogens is 238 g/mol. The van der Waals surface area contributed by atoms with E-state index in [4.69, 9.17) is 5.73 Å². The van der Waals surface area contributed by atoms with Gasteiger partial charge in [0, 0.05) is 24.8 Å². The van der Waals surface area contributed by atoms with E-state index in [1.807, 2.05) is 18.0 Å². The summed E-state index contributed by atoms with van der Waals surface area (Å²) in [6, 6.07) is 6.30. The molecule has 19 heavy (non-hydrogen) atoms. The zero-order chi connectivity index (χ0) is 14.2. The van der Waals surface area contributed by atoms with Gasteiger partial charge in [-0.1, -0.05) is 17.7 Å². The summed E-state index contributed by atoms with van der Waals surface area (Å²) in [5.41, 5.74) is 9.12. The second-order valence-corrected chi connectivity index (χ2v) is 5.50. The van der Waals surface area contributed by atoms with Crippen molar-refractivity contribution in [2.24, 2.45) is 5.73 Å². The number of rotatable bonds is 2.